The third kappa shape index (κ3) is 2.52. The van der Waals surface area contributed by atoms with Crippen LogP contribution in [-0.2, 0) is 13.6 Å². The van der Waals surface area contributed by atoms with E-state index in [-0.39, 0.29) is 13.2 Å². The first kappa shape index (κ1) is 14.4. The van der Waals surface area contributed by atoms with Gasteiger partial charge < -0.3 is 0 Å². The van der Waals surface area contributed by atoms with Crippen molar-refractivity contribution in [3.8, 4) is 0 Å². The van der Waals surface area contributed by atoms with Gasteiger partial charge in [-0.1, -0.05) is 0 Å². The molecule has 8 heteroatoms. The Kier molecular flexibility index (Phi) is 3.65. The molecule has 0 radical (unpaired) electrons. The first-order valence-electron chi connectivity index (χ1n) is 7.20. The molecule has 1 aliphatic carbocycles. The summed E-state index contributed by atoms with van der Waals surface area (Å²) >= 11 is 0. The standard InChI is InChI=1S/C12H21N2O5P/c1-12(14(15)16)8-18-20(17,19-9-12)13-6-10-2-3-11(7-13)5-4-10/h10-11H,2-9H2,1H3. The Morgan fingerprint density at radius 3 is 2.00 bits per heavy atom. The highest BCUT2D eigenvalue weighted by atomic mass is 31.2. The van der Waals surface area contributed by atoms with Gasteiger partial charge in [0.05, 0.1) is 0 Å². The van der Waals surface area contributed by atoms with Gasteiger partial charge in [0.2, 0.25) is 0 Å². The van der Waals surface area contributed by atoms with Crippen molar-refractivity contribution in [2.75, 3.05) is 26.3 Å². The predicted molar refractivity (Wildman–Crippen MR) is 71.9 cm³/mol. The van der Waals surface area contributed by atoms with Crippen LogP contribution < -0.4 is 0 Å². The minimum absolute atomic E-state index is 0.150. The Labute approximate surface area is 118 Å². The molecule has 3 aliphatic heterocycles. The monoisotopic (exact) mass is 304 g/mol. The Morgan fingerprint density at radius 2 is 1.60 bits per heavy atom. The largest absolute Gasteiger partial charge is 0.408 e. The van der Waals surface area contributed by atoms with Crippen molar-refractivity contribution in [2.24, 2.45) is 11.8 Å². The topological polar surface area (TPSA) is 81.9 Å². The lowest BCUT2D eigenvalue weighted by atomic mass is 9.84. The molecule has 3 heterocycles. The fourth-order valence-corrected chi connectivity index (χ4v) is 5.40. The lowest BCUT2D eigenvalue weighted by Crippen LogP contribution is -2.48. The minimum Gasteiger partial charge on any atom is -0.289 e. The van der Waals surface area contributed by atoms with E-state index in [0.29, 0.717) is 11.8 Å². The number of fused-ring (bicyclic) bond motifs is 4. The maximum Gasteiger partial charge on any atom is 0.408 e. The molecule has 4 fully saturated rings. The Morgan fingerprint density at radius 1 is 1.15 bits per heavy atom. The summed E-state index contributed by atoms with van der Waals surface area (Å²) in [7, 11) is -3.34. The van der Waals surface area contributed by atoms with Crippen LogP contribution in [0.25, 0.3) is 0 Å². The zero-order chi connectivity index (χ0) is 14.4. The van der Waals surface area contributed by atoms with Crippen molar-refractivity contribution in [1.29, 1.82) is 0 Å². The van der Waals surface area contributed by atoms with Crippen molar-refractivity contribution >= 4 is 7.75 Å². The molecule has 4 aliphatic rings. The second kappa shape index (κ2) is 5.05. The highest BCUT2D eigenvalue weighted by Crippen LogP contribution is 2.58. The van der Waals surface area contributed by atoms with E-state index in [1.54, 1.807) is 0 Å². The zero-order valence-corrected chi connectivity index (χ0v) is 12.6. The lowest BCUT2D eigenvalue weighted by molar-refractivity contribution is -0.573. The molecule has 0 aromatic heterocycles. The van der Waals surface area contributed by atoms with Crippen LogP contribution in [0.4, 0.5) is 0 Å². The maximum atomic E-state index is 12.8. The first-order chi connectivity index (χ1) is 9.41. The van der Waals surface area contributed by atoms with Crippen molar-refractivity contribution in [2.45, 2.75) is 38.1 Å². The third-order valence-electron chi connectivity index (χ3n) is 4.77. The van der Waals surface area contributed by atoms with Crippen LogP contribution in [0, 0.1) is 22.0 Å². The SMILES string of the molecule is CC1([N+](=O)[O-])COP(=O)(N2CC3CCC(CC3)C2)OC1. The van der Waals surface area contributed by atoms with E-state index in [4.69, 9.17) is 9.05 Å². The number of nitrogens with zero attached hydrogens (tertiary/aromatic N) is 2. The van der Waals surface area contributed by atoms with Gasteiger partial charge in [0.1, 0.15) is 13.2 Å². The summed E-state index contributed by atoms with van der Waals surface area (Å²) < 4.78 is 25.4. The molecule has 0 atom stereocenters. The second-order valence-electron chi connectivity index (χ2n) is 6.53. The summed E-state index contributed by atoms with van der Waals surface area (Å²) in [6, 6.07) is 0. The number of hydrogen-bond acceptors (Lipinski definition) is 5. The molecule has 20 heavy (non-hydrogen) atoms. The van der Waals surface area contributed by atoms with Gasteiger partial charge in [-0.05, 0) is 37.5 Å². The van der Waals surface area contributed by atoms with Gasteiger partial charge in [-0.2, -0.15) is 0 Å². The molecular weight excluding hydrogens is 283 g/mol. The number of hydrogen-bond donors (Lipinski definition) is 0. The molecular formula is C12H21N2O5P. The smallest absolute Gasteiger partial charge is 0.289 e. The van der Waals surface area contributed by atoms with Crippen LogP contribution in [0.3, 0.4) is 0 Å². The quantitative estimate of drug-likeness (QED) is 0.442. The molecule has 114 valence electrons. The van der Waals surface area contributed by atoms with E-state index in [2.05, 4.69) is 0 Å². The predicted octanol–water partition coefficient (Wildman–Crippen LogP) is 2.30. The van der Waals surface area contributed by atoms with Gasteiger partial charge in [-0.3, -0.25) is 19.2 Å². The molecule has 0 N–H and O–H groups in total. The van der Waals surface area contributed by atoms with Crippen molar-refractivity contribution in [3.05, 3.63) is 10.1 Å². The van der Waals surface area contributed by atoms with Crippen LogP contribution in [-0.4, -0.2) is 41.4 Å². The van der Waals surface area contributed by atoms with E-state index >= 15 is 0 Å². The molecule has 7 nitrogen and oxygen atoms in total. The van der Waals surface area contributed by atoms with Crippen LogP contribution in [0.15, 0.2) is 0 Å². The fraction of sp³-hybridized carbons (Fsp3) is 1.00. The molecule has 2 bridgehead atoms. The first-order valence-corrected chi connectivity index (χ1v) is 8.70. The summed E-state index contributed by atoms with van der Waals surface area (Å²) in [6.07, 6.45) is 4.70. The van der Waals surface area contributed by atoms with Crippen LogP contribution in [0.2, 0.25) is 0 Å². The molecule has 4 rings (SSSR count). The van der Waals surface area contributed by atoms with E-state index in [1.807, 2.05) is 4.67 Å². The number of rotatable bonds is 2. The molecule has 0 aromatic rings. The highest BCUT2D eigenvalue weighted by molar-refractivity contribution is 7.51. The van der Waals surface area contributed by atoms with Crippen LogP contribution >= 0.6 is 7.75 Å². The molecule has 0 amide bonds. The summed E-state index contributed by atoms with van der Waals surface area (Å²) in [4.78, 5) is 10.6. The average Bonchev–Trinajstić information content (AvgIpc) is 2.76. The van der Waals surface area contributed by atoms with Gasteiger partial charge in [0, 0.05) is 24.9 Å². The number of nitro groups is 1. The molecule has 0 spiro atoms. The molecule has 0 unspecified atom stereocenters. The van der Waals surface area contributed by atoms with Gasteiger partial charge in [-0.15, -0.1) is 0 Å². The van der Waals surface area contributed by atoms with E-state index in [0.717, 1.165) is 13.1 Å². The molecule has 3 saturated heterocycles. The van der Waals surface area contributed by atoms with E-state index < -0.39 is 18.2 Å². The van der Waals surface area contributed by atoms with Gasteiger partial charge >= 0.3 is 7.75 Å². The average molecular weight is 304 g/mol. The van der Waals surface area contributed by atoms with Gasteiger partial charge in [-0.25, -0.2) is 9.24 Å². The zero-order valence-electron chi connectivity index (χ0n) is 11.7. The van der Waals surface area contributed by atoms with E-state index in [1.165, 1.54) is 32.6 Å². The van der Waals surface area contributed by atoms with Gasteiger partial charge in [0.15, 0.2) is 0 Å². The molecule has 1 saturated carbocycles. The maximum absolute atomic E-state index is 12.8. The highest BCUT2D eigenvalue weighted by Gasteiger charge is 2.51. The summed E-state index contributed by atoms with van der Waals surface area (Å²) in [5, 5.41) is 11.0. The summed E-state index contributed by atoms with van der Waals surface area (Å²) in [6.45, 7) is 2.61. The van der Waals surface area contributed by atoms with Crippen molar-refractivity contribution in [3.63, 3.8) is 0 Å². The minimum atomic E-state index is -3.34. The Balaban J connectivity index is 1.71. The fourth-order valence-electron chi connectivity index (χ4n) is 3.26. The Bertz CT molecular complexity index is 423. The lowest BCUT2D eigenvalue weighted by Gasteiger charge is -2.36. The van der Waals surface area contributed by atoms with Crippen LogP contribution in [0.1, 0.15) is 32.6 Å². The van der Waals surface area contributed by atoms with E-state index in [9.17, 15) is 14.7 Å². The molecule has 0 aromatic carbocycles. The van der Waals surface area contributed by atoms with Gasteiger partial charge in [0.25, 0.3) is 5.54 Å². The normalized spacial score (nSPS) is 46.0. The third-order valence-corrected chi connectivity index (χ3v) is 6.70. The van der Waals surface area contributed by atoms with Crippen LogP contribution in [0.5, 0.6) is 0 Å². The summed E-state index contributed by atoms with van der Waals surface area (Å²) in [5.41, 5.74) is -1.29. The van der Waals surface area contributed by atoms with Crippen molar-refractivity contribution < 1.29 is 18.5 Å². The summed E-state index contributed by atoms with van der Waals surface area (Å²) in [5.74, 6) is 1.10. The second-order valence-corrected chi connectivity index (χ2v) is 8.55. The Hall–Kier alpha value is -0.490. The van der Waals surface area contributed by atoms with Crippen molar-refractivity contribution in [1.82, 2.24) is 4.67 Å².